The largest absolute Gasteiger partial charge is 0.492 e. The lowest BCUT2D eigenvalue weighted by atomic mass is 10.0. The predicted octanol–water partition coefficient (Wildman–Crippen LogP) is 6.01. The van der Waals surface area contributed by atoms with Gasteiger partial charge in [-0.25, -0.2) is 4.79 Å². The second-order valence-electron chi connectivity index (χ2n) is 12.4. The monoisotopic (exact) mass is 625 g/mol. The highest BCUT2D eigenvalue weighted by Gasteiger charge is 2.50. The standard InChI is InChI=1S/C32H40ClN5O4S/c1-8-22-17-25(38-29(43)37(28(39)32(38,6)7)24-10-9-23(19-34)26(33)18-24)11-12-27(22)41-16-15-35-13-14-36(21(2)20-35)30(40)42-31(3,4)5/h9-12,17-18,21H,8,13-16,20H2,1-7H3/t21-/m1/s1. The van der Waals surface area contributed by atoms with E-state index in [1.807, 2.05) is 70.7 Å². The number of carbonyl (C=O) groups is 2. The van der Waals surface area contributed by atoms with Crippen molar-refractivity contribution in [2.45, 2.75) is 72.1 Å². The summed E-state index contributed by atoms with van der Waals surface area (Å²) in [7, 11) is 0. The first kappa shape index (κ1) is 32.5. The number of anilines is 2. The third kappa shape index (κ3) is 6.90. The van der Waals surface area contributed by atoms with Gasteiger partial charge in [0.25, 0.3) is 5.91 Å². The highest BCUT2D eigenvalue weighted by atomic mass is 35.5. The molecule has 0 spiro atoms. The summed E-state index contributed by atoms with van der Waals surface area (Å²) >= 11 is 12.1. The van der Waals surface area contributed by atoms with Crippen LogP contribution in [0.25, 0.3) is 0 Å². The van der Waals surface area contributed by atoms with Gasteiger partial charge in [-0.3, -0.25) is 14.6 Å². The van der Waals surface area contributed by atoms with E-state index in [2.05, 4.69) is 11.8 Å². The van der Waals surface area contributed by atoms with Gasteiger partial charge in [0.15, 0.2) is 5.11 Å². The summed E-state index contributed by atoms with van der Waals surface area (Å²) in [6.07, 6.45) is 0.466. The van der Waals surface area contributed by atoms with Gasteiger partial charge in [0.1, 0.15) is 29.6 Å². The average molecular weight is 626 g/mol. The molecule has 2 aromatic carbocycles. The fraction of sp³-hybridized carbons (Fsp3) is 0.500. The molecule has 0 aromatic heterocycles. The van der Waals surface area contributed by atoms with Crippen LogP contribution in [0.1, 0.15) is 59.6 Å². The molecule has 1 atom stereocenters. The van der Waals surface area contributed by atoms with E-state index in [1.54, 1.807) is 23.1 Å². The number of ether oxygens (including phenoxy) is 2. The molecular formula is C32H40ClN5O4S. The molecule has 0 radical (unpaired) electrons. The van der Waals surface area contributed by atoms with Gasteiger partial charge in [-0.2, -0.15) is 5.26 Å². The minimum absolute atomic E-state index is 0.0457. The summed E-state index contributed by atoms with van der Waals surface area (Å²) in [6.45, 7) is 16.8. The first-order valence-corrected chi connectivity index (χ1v) is 15.3. The molecule has 2 heterocycles. The van der Waals surface area contributed by atoms with Crippen LogP contribution >= 0.6 is 23.8 Å². The quantitative estimate of drug-likeness (QED) is 0.346. The molecule has 0 unspecified atom stereocenters. The van der Waals surface area contributed by atoms with Crippen molar-refractivity contribution in [3.63, 3.8) is 0 Å². The number of carbonyl (C=O) groups excluding carboxylic acids is 2. The Bertz CT molecular complexity index is 1450. The molecule has 2 fully saturated rings. The SMILES string of the molecule is CCc1cc(N2C(=S)N(c3ccc(C#N)c(Cl)c3)C(=O)C2(C)C)ccc1OCCN1CCN(C(=O)OC(C)(C)C)[C@H](C)C1. The van der Waals surface area contributed by atoms with Gasteiger partial charge in [-0.1, -0.05) is 18.5 Å². The topological polar surface area (TPSA) is 89.4 Å². The number of amides is 2. The van der Waals surface area contributed by atoms with Crippen LogP contribution in [-0.4, -0.2) is 76.9 Å². The number of halogens is 1. The Hall–Kier alpha value is -3.39. The maximum absolute atomic E-state index is 13.6. The van der Waals surface area contributed by atoms with Crippen LogP contribution in [0, 0.1) is 11.3 Å². The summed E-state index contributed by atoms with van der Waals surface area (Å²) in [5.74, 6) is 0.606. The lowest BCUT2D eigenvalue weighted by molar-refractivity contribution is -0.120. The molecule has 43 heavy (non-hydrogen) atoms. The van der Waals surface area contributed by atoms with Crippen molar-refractivity contribution >= 4 is 52.3 Å². The number of benzene rings is 2. The molecule has 2 amide bonds. The highest BCUT2D eigenvalue weighted by molar-refractivity contribution is 7.81. The zero-order chi connectivity index (χ0) is 31.7. The van der Waals surface area contributed by atoms with E-state index < -0.39 is 11.1 Å². The average Bonchev–Trinajstić information content (AvgIpc) is 3.10. The highest BCUT2D eigenvalue weighted by Crippen LogP contribution is 2.39. The minimum atomic E-state index is -0.941. The first-order valence-electron chi connectivity index (χ1n) is 14.5. The number of aryl methyl sites for hydroxylation is 1. The molecule has 9 nitrogen and oxygen atoms in total. The van der Waals surface area contributed by atoms with Crippen LogP contribution in [-0.2, 0) is 16.0 Å². The molecule has 2 aliphatic rings. The zero-order valence-electron chi connectivity index (χ0n) is 25.9. The van der Waals surface area contributed by atoms with Crippen LogP contribution in [0.3, 0.4) is 0 Å². The van der Waals surface area contributed by atoms with E-state index in [4.69, 9.17) is 33.3 Å². The maximum atomic E-state index is 13.6. The number of hydrogen-bond acceptors (Lipinski definition) is 7. The van der Waals surface area contributed by atoms with Crippen molar-refractivity contribution in [2.75, 3.05) is 42.6 Å². The van der Waals surface area contributed by atoms with E-state index in [1.165, 1.54) is 4.90 Å². The fourth-order valence-corrected chi connectivity index (χ4v) is 6.16. The number of piperazine rings is 1. The maximum Gasteiger partial charge on any atom is 0.410 e. The molecule has 230 valence electrons. The van der Waals surface area contributed by atoms with E-state index in [9.17, 15) is 14.9 Å². The van der Waals surface area contributed by atoms with Crippen LogP contribution < -0.4 is 14.5 Å². The van der Waals surface area contributed by atoms with Crippen molar-refractivity contribution < 1.29 is 19.1 Å². The summed E-state index contributed by atoms with van der Waals surface area (Å²) in [6, 6.07) is 12.8. The van der Waals surface area contributed by atoms with Gasteiger partial charge in [-0.15, -0.1) is 0 Å². The molecule has 11 heteroatoms. The molecule has 0 bridgehead atoms. The predicted molar refractivity (Wildman–Crippen MR) is 173 cm³/mol. The lowest BCUT2D eigenvalue weighted by Crippen LogP contribution is -2.55. The molecule has 2 saturated heterocycles. The van der Waals surface area contributed by atoms with E-state index >= 15 is 0 Å². The van der Waals surface area contributed by atoms with E-state index in [0.29, 0.717) is 29.5 Å². The van der Waals surface area contributed by atoms with Gasteiger partial charge < -0.3 is 19.3 Å². The smallest absolute Gasteiger partial charge is 0.410 e. The molecule has 2 aliphatic heterocycles. The van der Waals surface area contributed by atoms with Crippen LogP contribution in [0.5, 0.6) is 5.75 Å². The van der Waals surface area contributed by atoms with Crippen molar-refractivity contribution in [3.8, 4) is 11.8 Å². The Morgan fingerprint density at radius 2 is 1.86 bits per heavy atom. The summed E-state index contributed by atoms with van der Waals surface area (Å²) in [5.41, 5.74) is 1.20. The Balaban J connectivity index is 1.42. The Morgan fingerprint density at radius 3 is 2.47 bits per heavy atom. The van der Waals surface area contributed by atoms with Crippen LogP contribution in [0.4, 0.5) is 16.2 Å². The molecule has 4 rings (SSSR count). The van der Waals surface area contributed by atoms with Gasteiger partial charge in [0, 0.05) is 37.9 Å². The number of nitriles is 1. The summed E-state index contributed by atoms with van der Waals surface area (Å²) in [4.78, 5) is 33.5. The molecule has 0 N–H and O–H groups in total. The summed E-state index contributed by atoms with van der Waals surface area (Å²) < 4.78 is 11.8. The van der Waals surface area contributed by atoms with E-state index in [-0.39, 0.29) is 23.1 Å². The zero-order valence-corrected chi connectivity index (χ0v) is 27.5. The number of nitrogens with zero attached hydrogens (tertiary/aromatic N) is 5. The normalized spacial score (nSPS) is 19.0. The molecule has 0 aliphatic carbocycles. The second kappa shape index (κ2) is 12.7. The van der Waals surface area contributed by atoms with Gasteiger partial charge in [0.2, 0.25) is 0 Å². The fourth-order valence-electron chi connectivity index (χ4n) is 5.42. The van der Waals surface area contributed by atoms with Crippen molar-refractivity contribution in [1.29, 1.82) is 5.26 Å². The summed E-state index contributed by atoms with van der Waals surface area (Å²) in [5, 5.41) is 9.84. The molecule has 2 aromatic rings. The first-order chi connectivity index (χ1) is 20.2. The third-order valence-corrected chi connectivity index (χ3v) is 8.37. The number of thiocarbonyl (C=S) groups is 1. The Labute approximate surface area is 264 Å². The van der Waals surface area contributed by atoms with Crippen molar-refractivity contribution in [3.05, 3.63) is 52.5 Å². The van der Waals surface area contributed by atoms with E-state index in [0.717, 1.165) is 43.1 Å². The minimum Gasteiger partial charge on any atom is -0.492 e. The van der Waals surface area contributed by atoms with Gasteiger partial charge >= 0.3 is 6.09 Å². The van der Waals surface area contributed by atoms with Crippen molar-refractivity contribution in [2.24, 2.45) is 0 Å². The second-order valence-corrected chi connectivity index (χ2v) is 13.2. The number of rotatable bonds is 7. The van der Waals surface area contributed by atoms with Crippen LogP contribution in [0.15, 0.2) is 36.4 Å². The van der Waals surface area contributed by atoms with Gasteiger partial charge in [0.05, 0.1) is 16.3 Å². The Morgan fingerprint density at radius 1 is 1.16 bits per heavy atom. The number of hydrogen-bond donors (Lipinski definition) is 0. The lowest BCUT2D eigenvalue weighted by Gasteiger charge is -2.40. The van der Waals surface area contributed by atoms with Gasteiger partial charge in [-0.05, 0) is 102 Å². The van der Waals surface area contributed by atoms with Crippen molar-refractivity contribution in [1.82, 2.24) is 9.80 Å². The third-order valence-electron chi connectivity index (χ3n) is 7.69. The van der Waals surface area contributed by atoms with Crippen LogP contribution in [0.2, 0.25) is 5.02 Å². The Kier molecular flexibility index (Phi) is 9.60. The molecular weight excluding hydrogens is 586 g/mol. The molecule has 0 saturated carbocycles.